The minimum Gasteiger partial charge on any atom is -0.855 e. The van der Waals surface area contributed by atoms with Crippen LogP contribution in [0.25, 0.3) is 5.69 Å². The predicted molar refractivity (Wildman–Crippen MR) is 110 cm³/mol. The summed E-state index contributed by atoms with van der Waals surface area (Å²) in [6.45, 7) is -0.204. The molecule has 0 aliphatic carbocycles. The highest BCUT2D eigenvalue weighted by molar-refractivity contribution is 5.95. The largest absolute Gasteiger partial charge is 0.855 e. The lowest BCUT2D eigenvalue weighted by Gasteiger charge is -2.07. The lowest BCUT2D eigenvalue weighted by atomic mass is 10.1. The van der Waals surface area contributed by atoms with Crippen LogP contribution in [-0.2, 0) is 6.54 Å². The smallest absolute Gasteiger partial charge is 0.406 e. The van der Waals surface area contributed by atoms with Gasteiger partial charge in [0.25, 0.3) is 0 Å². The second kappa shape index (κ2) is 8.40. The minimum absolute atomic E-state index is 0.204. The molecule has 148 valence electrons. The van der Waals surface area contributed by atoms with Crippen LogP contribution in [0.5, 0.6) is 0 Å². The topological polar surface area (TPSA) is 94.2 Å². The van der Waals surface area contributed by atoms with E-state index in [1.54, 1.807) is 78.9 Å². The van der Waals surface area contributed by atoms with Crippen LogP contribution in [0.2, 0.25) is 0 Å². The molecule has 1 aromatic heterocycles. The van der Waals surface area contributed by atoms with E-state index in [0.717, 1.165) is 0 Å². The molecule has 7 heteroatoms. The number of nitrogens with zero attached hydrogens (tertiary/aromatic N) is 3. The summed E-state index contributed by atoms with van der Waals surface area (Å²) < 4.78 is 2.48. The Kier molecular flexibility index (Phi) is 5.34. The van der Waals surface area contributed by atoms with E-state index in [4.69, 9.17) is 0 Å². The average molecular weight is 398 g/mol. The molecule has 3 aromatic carbocycles. The molecule has 0 aliphatic rings. The van der Waals surface area contributed by atoms with Crippen molar-refractivity contribution in [3.8, 4) is 5.69 Å². The van der Waals surface area contributed by atoms with Crippen LogP contribution in [0.4, 0.5) is 5.69 Å². The second-order valence-corrected chi connectivity index (χ2v) is 6.55. The van der Waals surface area contributed by atoms with Gasteiger partial charge in [0.2, 0.25) is 11.5 Å². The van der Waals surface area contributed by atoms with E-state index in [1.807, 2.05) is 12.1 Å². The van der Waals surface area contributed by atoms with Gasteiger partial charge < -0.3 is 5.11 Å². The summed E-state index contributed by atoms with van der Waals surface area (Å²) in [4.78, 5) is 29.8. The van der Waals surface area contributed by atoms with Gasteiger partial charge >= 0.3 is 5.56 Å². The molecule has 0 amide bonds. The van der Waals surface area contributed by atoms with Gasteiger partial charge in [-0.3, -0.25) is 9.79 Å². The fourth-order valence-corrected chi connectivity index (χ4v) is 3.04. The van der Waals surface area contributed by atoms with Gasteiger partial charge in [0, 0.05) is 11.5 Å². The fourth-order valence-electron chi connectivity index (χ4n) is 3.04. The van der Waals surface area contributed by atoms with E-state index in [-0.39, 0.29) is 18.0 Å². The molecular formula is C23H18N4O3. The van der Waals surface area contributed by atoms with Crippen molar-refractivity contribution in [1.82, 2.24) is 9.90 Å². The maximum absolute atomic E-state index is 13.1. The summed E-state index contributed by atoms with van der Waals surface area (Å²) in [5.41, 5.74) is 0.660. The van der Waals surface area contributed by atoms with Gasteiger partial charge in [-0.1, -0.05) is 76.6 Å². The Bertz CT molecular complexity index is 1240. The number of aromatic amines is 1. The van der Waals surface area contributed by atoms with E-state index in [0.29, 0.717) is 16.9 Å². The number of ketones is 1. The molecule has 30 heavy (non-hydrogen) atoms. The Morgan fingerprint density at radius 1 is 0.900 bits per heavy atom. The standard InChI is InChI=1S/C23H18N4O3/c28-20(17-10-4-1-5-11-17)16-26-21(22(29)24-18-12-6-2-7-13-18)23(30)27(25-26)19-14-8-3-9-15-19/h1-15H,16H2,(H-,24,25,29,30). The summed E-state index contributed by atoms with van der Waals surface area (Å²) in [5, 5.41) is 15.7. The highest BCUT2D eigenvalue weighted by Gasteiger charge is 2.25. The van der Waals surface area contributed by atoms with Crippen molar-refractivity contribution in [3.63, 3.8) is 0 Å². The van der Waals surface area contributed by atoms with E-state index >= 15 is 0 Å². The number of nitrogens with one attached hydrogen (secondary N) is 1. The Balaban J connectivity index is 1.80. The zero-order valence-electron chi connectivity index (χ0n) is 15.9. The number of rotatable bonds is 6. The number of hydrogen-bond donors (Lipinski definition) is 1. The molecule has 1 N–H and O–H groups in total. The fraction of sp³-hybridized carbons (Fsp3) is 0.0435. The van der Waals surface area contributed by atoms with Gasteiger partial charge in [0.05, 0.1) is 5.69 Å². The number of H-pyrrole nitrogens is 1. The number of para-hydroxylation sites is 2. The van der Waals surface area contributed by atoms with Gasteiger partial charge in [-0.15, -0.1) is 4.68 Å². The molecule has 0 bridgehead atoms. The summed E-state index contributed by atoms with van der Waals surface area (Å²) in [6.07, 6.45) is 0. The molecule has 0 saturated carbocycles. The molecule has 1 heterocycles. The summed E-state index contributed by atoms with van der Waals surface area (Å²) >= 11 is 0. The highest BCUT2D eigenvalue weighted by Crippen LogP contribution is 2.10. The number of aromatic nitrogens is 3. The Morgan fingerprint density at radius 3 is 2.10 bits per heavy atom. The van der Waals surface area contributed by atoms with Crippen LogP contribution in [0.3, 0.4) is 0 Å². The second-order valence-electron chi connectivity index (χ2n) is 6.55. The molecule has 0 fully saturated rings. The summed E-state index contributed by atoms with van der Waals surface area (Å²) in [7, 11) is 0. The van der Waals surface area contributed by atoms with Crippen molar-refractivity contribution in [2.45, 2.75) is 6.54 Å². The van der Waals surface area contributed by atoms with Crippen LogP contribution in [-0.4, -0.2) is 21.6 Å². The van der Waals surface area contributed by atoms with Crippen molar-refractivity contribution in [3.05, 3.63) is 113 Å². The number of benzene rings is 3. The molecule has 4 aromatic rings. The molecular weight excluding hydrogens is 380 g/mol. The number of Topliss-reactive ketones (excluding diaryl/α,β-unsaturated/α-hetero) is 1. The van der Waals surface area contributed by atoms with Gasteiger partial charge in [-0.2, -0.15) is 0 Å². The van der Waals surface area contributed by atoms with Crippen molar-refractivity contribution >= 4 is 17.4 Å². The Labute approximate surface area is 172 Å². The third-order valence-electron chi connectivity index (χ3n) is 4.50. The van der Waals surface area contributed by atoms with Crippen LogP contribution in [0, 0.1) is 0 Å². The van der Waals surface area contributed by atoms with E-state index in [2.05, 4.69) is 10.2 Å². The van der Waals surface area contributed by atoms with Crippen molar-refractivity contribution in [2.75, 3.05) is 0 Å². The average Bonchev–Trinajstić information content (AvgIpc) is 3.11. The van der Waals surface area contributed by atoms with Gasteiger partial charge in [-0.05, 0) is 24.3 Å². The molecule has 0 unspecified atom stereocenters. The van der Waals surface area contributed by atoms with E-state index in [9.17, 15) is 14.7 Å². The van der Waals surface area contributed by atoms with Crippen LogP contribution >= 0.6 is 0 Å². The van der Waals surface area contributed by atoms with Crippen LogP contribution < -0.4 is 15.3 Å². The first-order valence-corrected chi connectivity index (χ1v) is 9.33. The first-order valence-electron chi connectivity index (χ1n) is 9.33. The quantitative estimate of drug-likeness (QED) is 0.232. The van der Waals surface area contributed by atoms with Gasteiger partial charge in [0.1, 0.15) is 0 Å². The van der Waals surface area contributed by atoms with Crippen LogP contribution in [0.1, 0.15) is 16.1 Å². The number of hydrogen-bond acceptors (Lipinski definition) is 4. The minimum atomic E-state index is -0.724. The van der Waals surface area contributed by atoms with E-state index in [1.165, 1.54) is 9.36 Å². The Hall–Kier alpha value is -4.26. The third kappa shape index (κ3) is 3.95. The van der Waals surface area contributed by atoms with Crippen LogP contribution in [0.15, 0.2) is 101 Å². The zero-order valence-corrected chi connectivity index (χ0v) is 15.9. The predicted octanol–water partition coefficient (Wildman–Crippen LogP) is 1.77. The van der Waals surface area contributed by atoms with E-state index < -0.39 is 11.5 Å². The SMILES string of the molecule is O=C(C[n+]1[nH]n(-c2ccccc2)c(=O)c1C([O-])=Nc1ccccc1)c1ccccc1. The number of carbonyl (C=O) groups excluding carboxylic acids is 1. The van der Waals surface area contributed by atoms with Crippen molar-refractivity contribution < 1.29 is 14.6 Å². The number of aliphatic imine (C=N–C) groups is 1. The summed E-state index contributed by atoms with van der Waals surface area (Å²) in [6, 6.07) is 26.2. The molecule has 0 saturated heterocycles. The lowest BCUT2D eigenvalue weighted by Crippen LogP contribution is -2.48. The first kappa shape index (κ1) is 19.1. The zero-order chi connectivity index (χ0) is 20.9. The number of carbonyl (C=O) groups is 1. The lowest BCUT2D eigenvalue weighted by molar-refractivity contribution is -0.745. The highest BCUT2D eigenvalue weighted by atomic mass is 16.3. The van der Waals surface area contributed by atoms with Gasteiger partial charge in [0.15, 0.2) is 12.2 Å². The van der Waals surface area contributed by atoms with Gasteiger partial charge in [-0.25, -0.2) is 4.79 Å². The maximum Gasteiger partial charge on any atom is 0.406 e. The molecule has 0 radical (unpaired) electrons. The molecule has 7 nitrogen and oxygen atoms in total. The molecule has 4 rings (SSSR count). The normalized spacial score (nSPS) is 11.4. The van der Waals surface area contributed by atoms with Crippen molar-refractivity contribution in [2.24, 2.45) is 4.99 Å². The molecule has 0 spiro atoms. The first-order chi connectivity index (χ1) is 14.6. The monoisotopic (exact) mass is 398 g/mol. The molecule has 0 aliphatic heterocycles. The Morgan fingerprint density at radius 2 is 1.47 bits per heavy atom. The third-order valence-corrected chi connectivity index (χ3v) is 4.50. The van der Waals surface area contributed by atoms with Crippen molar-refractivity contribution in [1.29, 1.82) is 0 Å². The maximum atomic E-state index is 13.1. The summed E-state index contributed by atoms with van der Waals surface area (Å²) in [5.74, 6) is -0.964. The molecule has 0 atom stereocenters.